The van der Waals surface area contributed by atoms with Crippen LogP contribution < -0.4 is 10.1 Å². The van der Waals surface area contributed by atoms with E-state index in [1.165, 1.54) is 4.88 Å². The predicted molar refractivity (Wildman–Crippen MR) is 103 cm³/mol. The molecule has 1 aliphatic carbocycles. The molecule has 2 aromatic rings. The Morgan fingerprint density at radius 1 is 1.27 bits per heavy atom. The zero-order valence-corrected chi connectivity index (χ0v) is 16.2. The molecular formula is C20H24N2O3S. The smallest absolute Gasteiger partial charge is 0.263 e. The summed E-state index contributed by atoms with van der Waals surface area (Å²) in [5.41, 5.74) is 2.20. The first-order valence-corrected chi connectivity index (χ1v) is 9.53. The number of hydrogen-bond acceptors (Lipinski definition) is 4. The van der Waals surface area contributed by atoms with Crippen LogP contribution in [0.2, 0.25) is 0 Å². The maximum absolute atomic E-state index is 12.5. The number of carbonyl (C=O) groups is 2. The highest BCUT2D eigenvalue weighted by Gasteiger charge is 2.27. The second-order valence-electron chi connectivity index (χ2n) is 6.76. The van der Waals surface area contributed by atoms with E-state index in [1.807, 2.05) is 30.3 Å². The van der Waals surface area contributed by atoms with Gasteiger partial charge in [0.15, 0.2) is 0 Å². The van der Waals surface area contributed by atoms with Crippen molar-refractivity contribution in [3.63, 3.8) is 0 Å². The summed E-state index contributed by atoms with van der Waals surface area (Å²) in [6.45, 7) is 0.514. The number of amides is 2. The number of nitrogens with one attached hydrogen (secondary N) is 1. The summed E-state index contributed by atoms with van der Waals surface area (Å²) >= 11 is 1.56. The van der Waals surface area contributed by atoms with E-state index in [4.69, 9.17) is 4.74 Å². The van der Waals surface area contributed by atoms with Crippen molar-refractivity contribution in [2.45, 2.75) is 25.8 Å². The number of aryl methyl sites for hydroxylation is 1. The summed E-state index contributed by atoms with van der Waals surface area (Å²) in [7, 11) is 5.16. The fourth-order valence-corrected chi connectivity index (χ4v) is 4.38. The quantitative estimate of drug-likeness (QED) is 0.878. The van der Waals surface area contributed by atoms with Crippen molar-refractivity contribution in [2.24, 2.45) is 5.92 Å². The van der Waals surface area contributed by atoms with Crippen LogP contribution in [-0.4, -0.2) is 37.9 Å². The zero-order chi connectivity index (χ0) is 18.7. The first-order chi connectivity index (χ1) is 12.5. The summed E-state index contributed by atoms with van der Waals surface area (Å²) < 4.78 is 5.14. The molecule has 1 aromatic heterocycles. The van der Waals surface area contributed by atoms with E-state index in [0.29, 0.717) is 13.0 Å². The van der Waals surface area contributed by atoms with Crippen LogP contribution >= 0.6 is 11.3 Å². The first kappa shape index (κ1) is 18.5. The lowest BCUT2D eigenvalue weighted by atomic mass is 9.87. The molecule has 1 heterocycles. The Labute approximate surface area is 158 Å². The standard InChI is InChI=1S/C20H24N2O3S/c1-22(2)20(24)18-11-15-10-14(6-9-17(15)26-18)19(23)21-12-13-4-7-16(25-3)8-5-13/h4-5,7-8,11,14H,6,9-10,12H2,1-3H3,(H,21,23). The lowest BCUT2D eigenvalue weighted by molar-refractivity contribution is -0.125. The van der Waals surface area contributed by atoms with Gasteiger partial charge in [0.05, 0.1) is 12.0 Å². The maximum atomic E-state index is 12.5. The Bertz CT molecular complexity index is 796. The highest BCUT2D eigenvalue weighted by atomic mass is 32.1. The van der Waals surface area contributed by atoms with Gasteiger partial charge in [-0.1, -0.05) is 12.1 Å². The molecule has 26 heavy (non-hydrogen) atoms. The molecule has 2 amide bonds. The molecular weight excluding hydrogens is 348 g/mol. The van der Waals surface area contributed by atoms with Crippen molar-refractivity contribution in [3.8, 4) is 5.75 Å². The molecule has 0 radical (unpaired) electrons. The van der Waals surface area contributed by atoms with E-state index in [1.54, 1.807) is 37.4 Å². The van der Waals surface area contributed by atoms with E-state index in [-0.39, 0.29) is 17.7 Å². The predicted octanol–water partition coefficient (Wildman–Crippen LogP) is 2.88. The Hall–Kier alpha value is -2.34. The molecule has 1 aromatic carbocycles. The summed E-state index contributed by atoms with van der Waals surface area (Å²) in [5.74, 6) is 0.890. The minimum absolute atomic E-state index is 0.0299. The fraction of sp³-hybridized carbons (Fsp3) is 0.400. The van der Waals surface area contributed by atoms with E-state index in [2.05, 4.69) is 5.32 Å². The van der Waals surface area contributed by atoms with Crippen molar-refractivity contribution in [1.29, 1.82) is 0 Å². The number of ether oxygens (including phenoxy) is 1. The fourth-order valence-electron chi connectivity index (χ4n) is 3.15. The van der Waals surface area contributed by atoms with Crippen LogP contribution in [0.4, 0.5) is 0 Å². The number of nitrogens with zero attached hydrogens (tertiary/aromatic N) is 1. The van der Waals surface area contributed by atoms with Gasteiger partial charge in [-0.05, 0) is 48.6 Å². The number of thiophene rings is 1. The SMILES string of the molecule is COc1ccc(CNC(=O)C2CCc3sc(C(=O)N(C)C)cc3C2)cc1. The van der Waals surface area contributed by atoms with Crippen molar-refractivity contribution in [3.05, 3.63) is 51.2 Å². The van der Waals surface area contributed by atoms with Crippen molar-refractivity contribution in [1.82, 2.24) is 10.2 Å². The second kappa shape index (κ2) is 7.91. The van der Waals surface area contributed by atoms with Crippen LogP contribution in [0.3, 0.4) is 0 Å². The molecule has 1 N–H and O–H groups in total. The van der Waals surface area contributed by atoms with E-state index >= 15 is 0 Å². The van der Waals surface area contributed by atoms with Crippen LogP contribution in [-0.2, 0) is 24.2 Å². The summed E-state index contributed by atoms with van der Waals surface area (Å²) in [6, 6.07) is 9.66. The van der Waals surface area contributed by atoms with Gasteiger partial charge in [0.25, 0.3) is 5.91 Å². The van der Waals surface area contributed by atoms with Gasteiger partial charge in [0.1, 0.15) is 5.75 Å². The molecule has 0 saturated heterocycles. The molecule has 138 valence electrons. The summed E-state index contributed by atoms with van der Waals surface area (Å²) in [5, 5.41) is 3.03. The normalized spacial score (nSPS) is 15.9. The van der Waals surface area contributed by atoms with Crippen LogP contribution in [0.15, 0.2) is 30.3 Å². The highest BCUT2D eigenvalue weighted by Crippen LogP contribution is 2.33. The van der Waals surface area contributed by atoms with Crippen LogP contribution in [0.1, 0.15) is 32.1 Å². The van der Waals surface area contributed by atoms with Gasteiger partial charge in [-0.3, -0.25) is 9.59 Å². The van der Waals surface area contributed by atoms with Gasteiger partial charge in [-0.2, -0.15) is 0 Å². The van der Waals surface area contributed by atoms with Gasteiger partial charge in [0.2, 0.25) is 5.91 Å². The van der Waals surface area contributed by atoms with Crippen LogP contribution in [0.5, 0.6) is 5.75 Å². The van der Waals surface area contributed by atoms with Crippen molar-refractivity contribution >= 4 is 23.2 Å². The van der Waals surface area contributed by atoms with Crippen LogP contribution in [0.25, 0.3) is 0 Å². The molecule has 0 spiro atoms. The molecule has 0 saturated carbocycles. The Kier molecular flexibility index (Phi) is 5.61. The van der Waals surface area contributed by atoms with Gasteiger partial charge >= 0.3 is 0 Å². The molecule has 3 rings (SSSR count). The molecule has 5 nitrogen and oxygen atoms in total. The topological polar surface area (TPSA) is 58.6 Å². The van der Waals surface area contributed by atoms with E-state index < -0.39 is 0 Å². The third kappa shape index (κ3) is 4.07. The summed E-state index contributed by atoms with van der Waals surface area (Å²) in [6.07, 6.45) is 2.40. The number of hydrogen-bond donors (Lipinski definition) is 1. The van der Waals surface area contributed by atoms with Gasteiger partial charge in [0, 0.05) is 31.4 Å². The largest absolute Gasteiger partial charge is 0.497 e. The lowest BCUT2D eigenvalue weighted by Crippen LogP contribution is -2.33. The minimum atomic E-state index is -0.0299. The monoisotopic (exact) mass is 372 g/mol. The van der Waals surface area contributed by atoms with Crippen LogP contribution in [0, 0.1) is 5.92 Å². The van der Waals surface area contributed by atoms with Crippen molar-refractivity contribution in [2.75, 3.05) is 21.2 Å². The zero-order valence-electron chi connectivity index (χ0n) is 15.4. The Morgan fingerprint density at radius 3 is 2.65 bits per heavy atom. The lowest BCUT2D eigenvalue weighted by Gasteiger charge is -2.21. The molecule has 6 heteroatoms. The molecule has 1 unspecified atom stereocenters. The third-order valence-corrected chi connectivity index (χ3v) is 5.92. The number of fused-ring (bicyclic) bond motifs is 1. The molecule has 0 bridgehead atoms. The molecule has 1 aliphatic rings. The average Bonchev–Trinajstić information content (AvgIpc) is 3.08. The van der Waals surface area contributed by atoms with E-state index in [9.17, 15) is 9.59 Å². The number of benzene rings is 1. The molecule has 1 atom stereocenters. The second-order valence-corrected chi connectivity index (χ2v) is 7.90. The number of rotatable bonds is 5. The van der Waals surface area contributed by atoms with Gasteiger partial charge in [-0.25, -0.2) is 0 Å². The maximum Gasteiger partial charge on any atom is 0.263 e. The van der Waals surface area contributed by atoms with Gasteiger partial charge in [-0.15, -0.1) is 11.3 Å². The van der Waals surface area contributed by atoms with Crippen molar-refractivity contribution < 1.29 is 14.3 Å². The molecule has 0 aliphatic heterocycles. The highest BCUT2D eigenvalue weighted by molar-refractivity contribution is 7.14. The summed E-state index contributed by atoms with van der Waals surface area (Å²) in [4.78, 5) is 28.3. The average molecular weight is 372 g/mol. The third-order valence-electron chi connectivity index (χ3n) is 4.70. The minimum Gasteiger partial charge on any atom is -0.497 e. The first-order valence-electron chi connectivity index (χ1n) is 8.72. The molecule has 0 fully saturated rings. The Balaban J connectivity index is 1.59. The number of carbonyl (C=O) groups excluding carboxylic acids is 2. The Morgan fingerprint density at radius 2 is 2.00 bits per heavy atom. The van der Waals surface area contributed by atoms with E-state index in [0.717, 1.165) is 34.6 Å². The number of methoxy groups -OCH3 is 1. The van der Waals surface area contributed by atoms with Gasteiger partial charge < -0.3 is 15.0 Å².